The van der Waals surface area contributed by atoms with Crippen LogP contribution in [-0.2, 0) is 11.3 Å². The number of aryl methyl sites for hydroxylation is 1. The summed E-state index contributed by atoms with van der Waals surface area (Å²) < 4.78 is 2.32. The van der Waals surface area contributed by atoms with Gasteiger partial charge in [-0.25, -0.2) is 0 Å². The second-order valence-electron chi connectivity index (χ2n) is 6.51. The zero-order chi connectivity index (χ0) is 16.5. The molecule has 0 aliphatic carbocycles. The molecule has 2 aromatic carbocycles. The van der Waals surface area contributed by atoms with E-state index < -0.39 is 0 Å². The van der Waals surface area contributed by atoms with Gasteiger partial charge in [-0.3, -0.25) is 4.79 Å². The Labute approximate surface area is 154 Å². The van der Waals surface area contributed by atoms with E-state index in [1.807, 2.05) is 6.07 Å². The van der Waals surface area contributed by atoms with Gasteiger partial charge in [0, 0.05) is 40.0 Å². The zero-order valence-corrected chi connectivity index (χ0v) is 15.2. The summed E-state index contributed by atoms with van der Waals surface area (Å²) in [6, 6.07) is 14.7. The average Bonchev–Trinajstić information content (AvgIpc) is 2.95. The molecule has 0 bridgehead atoms. The first-order chi connectivity index (χ1) is 11.8. The molecule has 1 fully saturated rings. The summed E-state index contributed by atoms with van der Waals surface area (Å²) in [5.74, 6) is 0.272. The van der Waals surface area contributed by atoms with Crippen LogP contribution in [0.15, 0.2) is 42.5 Å². The Morgan fingerprint density at radius 2 is 1.84 bits per heavy atom. The van der Waals surface area contributed by atoms with E-state index in [1.54, 1.807) is 0 Å². The van der Waals surface area contributed by atoms with Gasteiger partial charge in [0.2, 0.25) is 5.91 Å². The molecule has 2 heterocycles. The average molecular weight is 358 g/mol. The van der Waals surface area contributed by atoms with Crippen LogP contribution in [0.25, 0.3) is 21.8 Å². The first kappa shape index (κ1) is 17.8. The van der Waals surface area contributed by atoms with Crippen molar-refractivity contribution in [2.24, 2.45) is 5.92 Å². The van der Waals surface area contributed by atoms with Gasteiger partial charge in [-0.05, 0) is 57.1 Å². The number of nitrogens with one attached hydrogen (secondary N) is 2. The Kier molecular flexibility index (Phi) is 5.30. The van der Waals surface area contributed by atoms with E-state index in [2.05, 4.69) is 58.5 Å². The molecule has 0 atom stereocenters. The smallest absolute Gasteiger partial charge is 0.227 e. The van der Waals surface area contributed by atoms with Crippen LogP contribution < -0.4 is 10.6 Å². The summed E-state index contributed by atoms with van der Waals surface area (Å²) in [5, 5.41) is 8.87. The molecule has 1 saturated heterocycles. The van der Waals surface area contributed by atoms with E-state index in [-0.39, 0.29) is 24.2 Å². The zero-order valence-electron chi connectivity index (χ0n) is 14.4. The van der Waals surface area contributed by atoms with E-state index in [4.69, 9.17) is 0 Å². The fourth-order valence-corrected chi connectivity index (χ4v) is 3.80. The summed E-state index contributed by atoms with van der Waals surface area (Å²) in [7, 11) is 0. The number of hydrogen-bond acceptors (Lipinski definition) is 2. The predicted octanol–water partition coefficient (Wildman–Crippen LogP) is 4.17. The van der Waals surface area contributed by atoms with Gasteiger partial charge >= 0.3 is 0 Å². The highest BCUT2D eigenvalue weighted by atomic mass is 35.5. The van der Waals surface area contributed by atoms with E-state index in [0.717, 1.165) is 38.2 Å². The Morgan fingerprint density at radius 3 is 2.60 bits per heavy atom. The maximum absolute atomic E-state index is 12.5. The van der Waals surface area contributed by atoms with E-state index in [9.17, 15) is 4.79 Å². The van der Waals surface area contributed by atoms with Crippen LogP contribution in [0.1, 0.15) is 19.8 Å². The van der Waals surface area contributed by atoms with Gasteiger partial charge in [-0.2, -0.15) is 0 Å². The molecule has 4 rings (SSSR count). The monoisotopic (exact) mass is 357 g/mol. The number of fused-ring (bicyclic) bond motifs is 3. The molecule has 0 spiro atoms. The number of halogens is 1. The van der Waals surface area contributed by atoms with Crippen molar-refractivity contribution < 1.29 is 4.79 Å². The molecule has 132 valence electrons. The van der Waals surface area contributed by atoms with Crippen molar-refractivity contribution in [1.29, 1.82) is 0 Å². The van der Waals surface area contributed by atoms with Crippen LogP contribution in [0, 0.1) is 5.92 Å². The van der Waals surface area contributed by atoms with Crippen LogP contribution in [0.2, 0.25) is 0 Å². The number of anilines is 1. The third-order valence-electron chi connectivity index (χ3n) is 5.07. The minimum Gasteiger partial charge on any atom is -0.341 e. The largest absolute Gasteiger partial charge is 0.341 e. The molecule has 4 nitrogen and oxygen atoms in total. The lowest BCUT2D eigenvalue weighted by molar-refractivity contribution is -0.120. The number of benzene rings is 2. The molecule has 0 unspecified atom stereocenters. The number of aromatic nitrogens is 1. The second kappa shape index (κ2) is 7.46. The van der Waals surface area contributed by atoms with E-state index in [1.165, 1.54) is 21.8 Å². The van der Waals surface area contributed by atoms with E-state index in [0.29, 0.717) is 0 Å². The molecule has 25 heavy (non-hydrogen) atoms. The van der Waals surface area contributed by atoms with Crippen molar-refractivity contribution in [2.75, 3.05) is 18.4 Å². The molecular formula is C20H24ClN3O. The normalized spacial score (nSPS) is 15.2. The van der Waals surface area contributed by atoms with Crippen molar-refractivity contribution >= 4 is 45.8 Å². The van der Waals surface area contributed by atoms with Crippen molar-refractivity contribution in [3.8, 4) is 0 Å². The number of piperidine rings is 1. The van der Waals surface area contributed by atoms with Gasteiger partial charge in [-0.15, -0.1) is 12.4 Å². The van der Waals surface area contributed by atoms with Crippen molar-refractivity contribution in [3.63, 3.8) is 0 Å². The standard InChI is InChI=1S/C20H23N3O.ClH/c1-2-23-18-6-4-3-5-16(18)17-13-15(7-8-19(17)23)22-20(24)14-9-11-21-12-10-14;/h3-8,13-14,21H,2,9-12H2,1H3,(H,22,24);1H. The first-order valence-electron chi connectivity index (χ1n) is 8.80. The highest BCUT2D eigenvalue weighted by molar-refractivity contribution is 6.09. The molecule has 3 aromatic rings. The Hall–Kier alpha value is -2.04. The Morgan fingerprint density at radius 1 is 1.12 bits per heavy atom. The quantitative estimate of drug-likeness (QED) is 0.738. The molecular weight excluding hydrogens is 334 g/mol. The molecule has 0 radical (unpaired) electrons. The summed E-state index contributed by atoms with van der Waals surface area (Å²) >= 11 is 0. The summed E-state index contributed by atoms with van der Waals surface area (Å²) in [6.45, 7) is 4.96. The number of rotatable bonds is 3. The fourth-order valence-electron chi connectivity index (χ4n) is 3.80. The summed E-state index contributed by atoms with van der Waals surface area (Å²) in [5.41, 5.74) is 3.36. The maximum Gasteiger partial charge on any atom is 0.227 e. The summed E-state index contributed by atoms with van der Waals surface area (Å²) in [6.07, 6.45) is 1.84. The number of nitrogens with zero attached hydrogens (tertiary/aromatic N) is 1. The van der Waals surface area contributed by atoms with Gasteiger partial charge in [0.25, 0.3) is 0 Å². The van der Waals surface area contributed by atoms with Crippen molar-refractivity contribution in [2.45, 2.75) is 26.3 Å². The van der Waals surface area contributed by atoms with Crippen molar-refractivity contribution in [3.05, 3.63) is 42.5 Å². The third-order valence-corrected chi connectivity index (χ3v) is 5.07. The van der Waals surface area contributed by atoms with Crippen LogP contribution >= 0.6 is 12.4 Å². The lowest BCUT2D eigenvalue weighted by atomic mass is 9.97. The topological polar surface area (TPSA) is 46.1 Å². The maximum atomic E-state index is 12.5. The highest BCUT2D eigenvalue weighted by Gasteiger charge is 2.21. The number of amides is 1. The fraction of sp³-hybridized carbons (Fsp3) is 0.350. The van der Waals surface area contributed by atoms with Gasteiger partial charge in [0.1, 0.15) is 0 Å². The number of hydrogen-bond donors (Lipinski definition) is 2. The number of carbonyl (C=O) groups is 1. The summed E-state index contributed by atoms with van der Waals surface area (Å²) in [4.78, 5) is 12.5. The van der Waals surface area contributed by atoms with Crippen LogP contribution in [0.3, 0.4) is 0 Å². The molecule has 5 heteroatoms. The van der Waals surface area contributed by atoms with Crippen LogP contribution in [0.5, 0.6) is 0 Å². The lowest BCUT2D eigenvalue weighted by Gasteiger charge is -2.21. The highest BCUT2D eigenvalue weighted by Crippen LogP contribution is 2.31. The van der Waals surface area contributed by atoms with Gasteiger partial charge in [0.05, 0.1) is 0 Å². The van der Waals surface area contributed by atoms with Crippen LogP contribution in [-0.4, -0.2) is 23.6 Å². The van der Waals surface area contributed by atoms with Gasteiger partial charge < -0.3 is 15.2 Å². The van der Waals surface area contributed by atoms with Crippen molar-refractivity contribution in [1.82, 2.24) is 9.88 Å². The molecule has 2 N–H and O–H groups in total. The molecule has 0 saturated carbocycles. The minimum atomic E-state index is 0. The minimum absolute atomic E-state index is 0. The molecule has 1 aromatic heterocycles. The van der Waals surface area contributed by atoms with Crippen LogP contribution in [0.4, 0.5) is 5.69 Å². The molecule has 1 aliphatic rings. The second-order valence-corrected chi connectivity index (χ2v) is 6.51. The first-order valence-corrected chi connectivity index (χ1v) is 8.80. The SMILES string of the molecule is CCn1c2ccccc2c2cc(NC(=O)C3CCNCC3)ccc21.Cl. The Balaban J connectivity index is 0.00000182. The predicted molar refractivity (Wildman–Crippen MR) is 107 cm³/mol. The Bertz CT molecular complexity index is 896. The molecule has 1 aliphatic heterocycles. The van der Waals surface area contributed by atoms with Gasteiger partial charge in [0.15, 0.2) is 0 Å². The number of carbonyl (C=O) groups excluding carboxylic acids is 1. The van der Waals surface area contributed by atoms with E-state index >= 15 is 0 Å². The lowest BCUT2D eigenvalue weighted by Crippen LogP contribution is -2.34. The number of para-hydroxylation sites is 1. The molecule has 1 amide bonds. The van der Waals surface area contributed by atoms with Gasteiger partial charge in [-0.1, -0.05) is 18.2 Å². The third kappa shape index (κ3) is 3.24.